The quantitative estimate of drug-likeness (QED) is 0.669. The Bertz CT molecular complexity index is 736. The maximum atomic E-state index is 6.41. The van der Waals surface area contributed by atoms with Gasteiger partial charge in [0.2, 0.25) is 0 Å². The van der Waals surface area contributed by atoms with E-state index in [-0.39, 0.29) is 0 Å². The molecular weight excluding hydrogens is 309 g/mol. The molecule has 0 atom stereocenters. The summed E-state index contributed by atoms with van der Waals surface area (Å²) in [7, 11) is 0. The summed E-state index contributed by atoms with van der Waals surface area (Å²) in [6.07, 6.45) is 0. The zero-order valence-electron chi connectivity index (χ0n) is 10.7. The van der Waals surface area contributed by atoms with Crippen LogP contribution < -0.4 is 5.32 Å². The minimum Gasteiger partial charge on any atom is -0.308 e. The zero-order valence-corrected chi connectivity index (χ0v) is 13.0. The van der Waals surface area contributed by atoms with E-state index in [0.717, 1.165) is 28.5 Å². The van der Waals surface area contributed by atoms with Crippen LogP contribution in [0.4, 0.5) is 0 Å². The molecule has 20 heavy (non-hydrogen) atoms. The molecule has 0 fully saturated rings. The molecule has 0 saturated heterocycles. The Morgan fingerprint density at radius 3 is 2.60 bits per heavy atom. The highest BCUT2D eigenvalue weighted by Crippen LogP contribution is 2.34. The molecule has 0 aliphatic heterocycles. The van der Waals surface area contributed by atoms with Crippen molar-refractivity contribution in [1.29, 1.82) is 0 Å². The Morgan fingerprint density at radius 2 is 1.80 bits per heavy atom. The van der Waals surface area contributed by atoms with Gasteiger partial charge >= 0.3 is 0 Å². The van der Waals surface area contributed by atoms with Crippen molar-refractivity contribution in [3.05, 3.63) is 69.0 Å². The van der Waals surface area contributed by atoms with Crippen LogP contribution in [0.5, 0.6) is 0 Å². The van der Waals surface area contributed by atoms with Gasteiger partial charge in [0.1, 0.15) is 0 Å². The number of thiophene rings is 1. The van der Waals surface area contributed by atoms with Crippen molar-refractivity contribution in [3.63, 3.8) is 0 Å². The number of halogens is 2. The molecule has 0 spiro atoms. The second kappa shape index (κ2) is 6.15. The maximum absolute atomic E-state index is 6.41. The van der Waals surface area contributed by atoms with E-state index in [2.05, 4.69) is 23.5 Å². The molecule has 102 valence electrons. The standard InChI is InChI=1S/C16H13Cl2NS/c17-12-5-3-4-11(8-12)9-19-10-15-16(18)13-6-1-2-7-14(13)20-15/h1-8,19H,9-10H2. The van der Waals surface area contributed by atoms with Gasteiger partial charge in [0.25, 0.3) is 0 Å². The molecule has 0 saturated carbocycles. The van der Waals surface area contributed by atoms with Crippen LogP contribution in [0.15, 0.2) is 48.5 Å². The van der Waals surface area contributed by atoms with E-state index in [1.165, 1.54) is 15.1 Å². The Balaban J connectivity index is 1.69. The lowest BCUT2D eigenvalue weighted by molar-refractivity contribution is 0.701. The molecule has 0 radical (unpaired) electrons. The van der Waals surface area contributed by atoms with Gasteiger partial charge in [-0.3, -0.25) is 0 Å². The number of benzene rings is 2. The molecule has 0 amide bonds. The molecule has 1 nitrogen and oxygen atoms in total. The lowest BCUT2D eigenvalue weighted by Crippen LogP contribution is -2.11. The fraction of sp³-hybridized carbons (Fsp3) is 0.125. The van der Waals surface area contributed by atoms with E-state index < -0.39 is 0 Å². The first-order chi connectivity index (χ1) is 9.74. The normalized spacial score (nSPS) is 11.1. The van der Waals surface area contributed by atoms with Gasteiger partial charge in [-0.15, -0.1) is 11.3 Å². The van der Waals surface area contributed by atoms with Gasteiger partial charge in [-0.05, 0) is 23.8 Å². The van der Waals surface area contributed by atoms with E-state index in [9.17, 15) is 0 Å². The van der Waals surface area contributed by atoms with Crippen LogP contribution in [0.1, 0.15) is 10.4 Å². The number of hydrogen-bond acceptors (Lipinski definition) is 2. The van der Waals surface area contributed by atoms with Crippen LogP contribution in [-0.2, 0) is 13.1 Å². The summed E-state index contributed by atoms with van der Waals surface area (Å²) in [6.45, 7) is 1.55. The van der Waals surface area contributed by atoms with Gasteiger partial charge in [0.15, 0.2) is 0 Å². The van der Waals surface area contributed by atoms with E-state index >= 15 is 0 Å². The van der Waals surface area contributed by atoms with E-state index in [1.54, 1.807) is 11.3 Å². The molecule has 0 unspecified atom stereocenters. The van der Waals surface area contributed by atoms with Crippen LogP contribution >= 0.6 is 34.5 Å². The van der Waals surface area contributed by atoms with Crippen molar-refractivity contribution < 1.29 is 0 Å². The SMILES string of the molecule is Clc1cccc(CNCc2sc3ccccc3c2Cl)c1. The first kappa shape index (κ1) is 13.9. The van der Waals surface area contributed by atoms with Gasteiger partial charge in [-0.1, -0.05) is 53.5 Å². The minimum atomic E-state index is 0.768. The van der Waals surface area contributed by atoms with Gasteiger partial charge < -0.3 is 5.32 Å². The predicted octanol–water partition coefficient (Wildman–Crippen LogP) is 5.50. The van der Waals surface area contributed by atoms with E-state index in [0.29, 0.717) is 0 Å². The molecule has 0 aliphatic rings. The zero-order chi connectivity index (χ0) is 13.9. The van der Waals surface area contributed by atoms with Crippen LogP contribution in [-0.4, -0.2) is 0 Å². The predicted molar refractivity (Wildman–Crippen MR) is 88.8 cm³/mol. The molecule has 3 aromatic rings. The summed E-state index contributed by atoms with van der Waals surface area (Å²) >= 11 is 14.1. The fourth-order valence-electron chi connectivity index (χ4n) is 2.15. The van der Waals surface area contributed by atoms with E-state index in [1.807, 2.05) is 30.3 Å². The number of nitrogens with one attached hydrogen (secondary N) is 1. The molecule has 1 N–H and O–H groups in total. The first-order valence-corrected chi connectivity index (χ1v) is 7.92. The first-order valence-electron chi connectivity index (χ1n) is 6.35. The fourth-order valence-corrected chi connectivity index (χ4v) is 3.83. The van der Waals surface area contributed by atoms with Crippen molar-refractivity contribution in [1.82, 2.24) is 5.32 Å². The average molecular weight is 322 g/mol. The topological polar surface area (TPSA) is 12.0 Å². The monoisotopic (exact) mass is 321 g/mol. The maximum Gasteiger partial charge on any atom is 0.0636 e. The summed E-state index contributed by atoms with van der Waals surface area (Å²) in [5.74, 6) is 0. The van der Waals surface area contributed by atoms with Gasteiger partial charge in [0.05, 0.1) is 5.02 Å². The molecule has 4 heteroatoms. The summed E-state index contributed by atoms with van der Waals surface area (Å²) in [4.78, 5) is 1.18. The molecule has 1 aromatic heterocycles. The van der Waals surface area contributed by atoms with Crippen molar-refractivity contribution >= 4 is 44.6 Å². The highest BCUT2D eigenvalue weighted by molar-refractivity contribution is 7.19. The summed E-state index contributed by atoms with van der Waals surface area (Å²) in [6, 6.07) is 16.1. The van der Waals surface area contributed by atoms with E-state index in [4.69, 9.17) is 23.2 Å². The third-order valence-corrected chi connectivity index (χ3v) is 5.05. The second-order valence-corrected chi connectivity index (χ2v) is 6.52. The lowest BCUT2D eigenvalue weighted by Gasteiger charge is -2.04. The largest absolute Gasteiger partial charge is 0.308 e. The van der Waals surface area contributed by atoms with Gasteiger partial charge in [-0.2, -0.15) is 0 Å². The smallest absolute Gasteiger partial charge is 0.0636 e. The number of hydrogen-bond donors (Lipinski definition) is 1. The molecule has 3 rings (SSSR count). The number of rotatable bonds is 4. The Labute approximate surface area is 132 Å². The molecule has 0 bridgehead atoms. The molecule has 0 aliphatic carbocycles. The van der Waals surface area contributed by atoms with Gasteiger partial charge in [0, 0.05) is 33.1 Å². The van der Waals surface area contributed by atoms with Crippen molar-refractivity contribution in [2.24, 2.45) is 0 Å². The second-order valence-electron chi connectivity index (χ2n) is 4.57. The Morgan fingerprint density at radius 1 is 0.950 bits per heavy atom. The third kappa shape index (κ3) is 2.99. The Kier molecular flexibility index (Phi) is 4.27. The van der Waals surface area contributed by atoms with Gasteiger partial charge in [-0.25, -0.2) is 0 Å². The van der Waals surface area contributed by atoms with Crippen LogP contribution in [0, 0.1) is 0 Å². The van der Waals surface area contributed by atoms with Crippen LogP contribution in [0.2, 0.25) is 10.0 Å². The molecular formula is C16H13Cl2NS. The highest BCUT2D eigenvalue weighted by Gasteiger charge is 2.09. The minimum absolute atomic E-state index is 0.768. The summed E-state index contributed by atoms with van der Waals surface area (Å²) < 4.78 is 1.23. The average Bonchev–Trinajstić information content (AvgIpc) is 2.76. The van der Waals surface area contributed by atoms with Crippen LogP contribution in [0.25, 0.3) is 10.1 Å². The van der Waals surface area contributed by atoms with Crippen molar-refractivity contribution in [2.75, 3.05) is 0 Å². The Hall–Kier alpha value is -1.06. The third-order valence-electron chi connectivity index (χ3n) is 3.11. The summed E-state index contributed by atoms with van der Waals surface area (Å²) in [5.41, 5.74) is 1.18. The highest BCUT2D eigenvalue weighted by atomic mass is 35.5. The van der Waals surface area contributed by atoms with Crippen molar-refractivity contribution in [2.45, 2.75) is 13.1 Å². The lowest BCUT2D eigenvalue weighted by atomic mass is 10.2. The molecule has 2 aromatic carbocycles. The van der Waals surface area contributed by atoms with Crippen LogP contribution in [0.3, 0.4) is 0 Å². The molecule has 1 heterocycles. The van der Waals surface area contributed by atoms with Crippen molar-refractivity contribution in [3.8, 4) is 0 Å². The summed E-state index contributed by atoms with van der Waals surface area (Å²) in [5, 5.41) is 6.18. The number of fused-ring (bicyclic) bond motifs is 1.